The lowest BCUT2D eigenvalue weighted by atomic mass is 10.0. The highest BCUT2D eigenvalue weighted by Gasteiger charge is 2.34. The van der Waals surface area contributed by atoms with Crippen molar-refractivity contribution in [3.63, 3.8) is 0 Å². The van der Waals surface area contributed by atoms with Gasteiger partial charge in [0.25, 0.3) is 0 Å². The van der Waals surface area contributed by atoms with Crippen molar-refractivity contribution < 1.29 is 19.4 Å². The molecule has 1 fully saturated rings. The molecule has 35 heavy (non-hydrogen) atoms. The SMILES string of the molecule is Cc1cccc(OC[C@@H]2c3ccsc3CCN2C(=O)CN(CC2CC2)C[C@@H](O)COCC(C)C)c1. The van der Waals surface area contributed by atoms with Gasteiger partial charge in [-0.3, -0.25) is 9.69 Å². The molecule has 2 atom stereocenters. The third-order valence-electron chi connectivity index (χ3n) is 6.62. The van der Waals surface area contributed by atoms with E-state index in [0.717, 1.165) is 24.3 Å². The smallest absolute Gasteiger partial charge is 0.237 e. The van der Waals surface area contributed by atoms with Crippen LogP contribution < -0.4 is 4.74 Å². The number of hydrogen-bond donors (Lipinski definition) is 1. The monoisotopic (exact) mass is 500 g/mol. The molecule has 2 aromatic rings. The summed E-state index contributed by atoms with van der Waals surface area (Å²) in [4.78, 5) is 19.1. The number of aliphatic hydroxyl groups excluding tert-OH is 1. The van der Waals surface area contributed by atoms with E-state index in [4.69, 9.17) is 9.47 Å². The number of thiophene rings is 1. The number of nitrogens with zero attached hydrogens (tertiary/aromatic N) is 2. The normalized spacial score (nSPS) is 18.7. The van der Waals surface area contributed by atoms with E-state index >= 15 is 0 Å². The van der Waals surface area contributed by atoms with Gasteiger partial charge in [-0.05, 0) is 72.7 Å². The molecule has 0 unspecified atom stereocenters. The number of carbonyl (C=O) groups is 1. The van der Waals surface area contributed by atoms with Crippen LogP contribution in [0.25, 0.3) is 0 Å². The van der Waals surface area contributed by atoms with Gasteiger partial charge in [-0.1, -0.05) is 26.0 Å². The van der Waals surface area contributed by atoms with Crippen LogP contribution in [0.1, 0.15) is 48.7 Å². The van der Waals surface area contributed by atoms with Gasteiger partial charge < -0.3 is 19.5 Å². The Kier molecular flexibility index (Phi) is 9.22. The van der Waals surface area contributed by atoms with Crippen LogP contribution in [0.4, 0.5) is 0 Å². The zero-order chi connectivity index (χ0) is 24.8. The van der Waals surface area contributed by atoms with Gasteiger partial charge in [-0.15, -0.1) is 11.3 Å². The molecule has 0 spiro atoms. The number of carbonyl (C=O) groups excluding carboxylic acids is 1. The van der Waals surface area contributed by atoms with Crippen molar-refractivity contribution in [2.45, 2.75) is 52.2 Å². The average molecular weight is 501 g/mol. The molecule has 4 rings (SSSR count). The maximum atomic E-state index is 13.6. The van der Waals surface area contributed by atoms with Gasteiger partial charge in [-0.2, -0.15) is 0 Å². The van der Waals surface area contributed by atoms with Crippen molar-refractivity contribution in [3.05, 3.63) is 51.7 Å². The third-order valence-corrected chi connectivity index (χ3v) is 7.61. The van der Waals surface area contributed by atoms with E-state index < -0.39 is 6.10 Å². The summed E-state index contributed by atoms with van der Waals surface area (Å²) in [5, 5.41) is 12.7. The van der Waals surface area contributed by atoms with E-state index in [1.165, 1.54) is 23.3 Å². The molecular weight excluding hydrogens is 460 g/mol. The molecule has 1 aliphatic carbocycles. The lowest BCUT2D eigenvalue weighted by Gasteiger charge is -2.37. The lowest BCUT2D eigenvalue weighted by Crippen LogP contribution is -2.48. The van der Waals surface area contributed by atoms with Gasteiger partial charge in [0, 0.05) is 31.1 Å². The van der Waals surface area contributed by atoms with Crippen LogP contribution in [0, 0.1) is 18.8 Å². The van der Waals surface area contributed by atoms with E-state index in [9.17, 15) is 9.90 Å². The first-order valence-electron chi connectivity index (χ1n) is 12.9. The van der Waals surface area contributed by atoms with Gasteiger partial charge >= 0.3 is 0 Å². The summed E-state index contributed by atoms with van der Waals surface area (Å²) < 4.78 is 11.8. The molecule has 0 saturated heterocycles. The molecule has 0 bridgehead atoms. The number of benzene rings is 1. The highest BCUT2D eigenvalue weighted by molar-refractivity contribution is 7.10. The Hall–Kier alpha value is -1.93. The summed E-state index contributed by atoms with van der Waals surface area (Å²) >= 11 is 1.76. The van der Waals surface area contributed by atoms with Gasteiger partial charge in [-0.25, -0.2) is 0 Å². The molecule has 1 N–H and O–H groups in total. The molecule has 192 valence electrons. The molecular formula is C28H40N2O4S. The van der Waals surface area contributed by atoms with Crippen molar-refractivity contribution in [3.8, 4) is 5.75 Å². The summed E-state index contributed by atoms with van der Waals surface area (Å²) in [7, 11) is 0. The fourth-order valence-electron chi connectivity index (χ4n) is 4.70. The van der Waals surface area contributed by atoms with Gasteiger partial charge in [0.05, 0.1) is 25.3 Å². The average Bonchev–Trinajstić information content (AvgIpc) is 3.49. The van der Waals surface area contributed by atoms with E-state index in [2.05, 4.69) is 43.2 Å². The van der Waals surface area contributed by atoms with Crippen molar-refractivity contribution in [1.82, 2.24) is 9.80 Å². The molecule has 1 saturated carbocycles. The second-order valence-electron chi connectivity index (χ2n) is 10.5. The fraction of sp³-hybridized carbons (Fsp3) is 0.607. The van der Waals surface area contributed by atoms with E-state index in [-0.39, 0.29) is 11.9 Å². The third kappa shape index (κ3) is 7.78. The number of aryl methyl sites for hydroxylation is 1. The second kappa shape index (κ2) is 12.3. The Bertz CT molecular complexity index is 958. The van der Waals surface area contributed by atoms with Crippen LogP contribution in [-0.2, 0) is 16.0 Å². The summed E-state index contributed by atoms with van der Waals surface area (Å²) in [5.74, 6) is 2.01. The van der Waals surface area contributed by atoms with Crippen LogP contribution in [0.2, 0.25) is 0 Å². The molecule has 1 aromatic carbocycles. The Balaban J connectivity index is 1.40. The zero-order valence-electron chi connectivity index (χ0n) is 21.3. The Morgan fingerprint density at radius 3 is 2.83 bits per heavy atom. The first-order chi connectivity index (χ1) is 16.9. The van der Waals surface area contributed by atoms with Crippen LogP contribution in [0.3, 0.4) is 0 Å². The number of aliphatic hydroxyl groups is 1. The molecule has 6 nitrogen and oxygen atoms in total. The van der Waals surface area contributed by atoms with Crippen molar-refractivity contribution >= 4 is 17.2 Å². The number of rotatable bonds is 13. The topological polar surface area (TPSA) is 62.2 Å². The van der Waals surface area contributed by atoms with Gasteiger partial charge in [0.15, 0.2) is 0 Å². The quantitative estimate of drug-likeness (QED) is 0.444. The number of amides is 1. The molecule has 1 aliphatic heterocycles. The standard InChI is InChI=1S/C28H40N2O4S/c1-20(2)17-33-18-23(31)15-29(14-22-7-8-22)16-28(32)30-11-9-27-25(10-12-35-27)26(30)19-34-24-6-4-5-21(3)13-24/h4-6,10,12-13,20,22-23,26,31H,7-9,11,14-19H2,1-3H3/t23-,26-/m1/s1. The van der Waals surface area contributed by atoms with E-state index in [1.807, 2.05) is 23.1 Å². The van der Waals surface area contributed by atoms with Crippen LogP contribution >= 0.6 is 11.3 Å². The minimum Gasteiger partial charge on any atom is -0.491 e. The summed E-state index contributed by atoms with van der Waals surface area (Å²) in [5.41, 5.74) is 2.36. The predicted octanol–water partition coefficient (Wildman–Crippen LogP) is 4.31. The Morgan fingerprint density at radius 2 is 2.09 bits per heavy atom. The first-order valence-corrected chi connectivity index (χ1v) is 13.8. The van der Waals surface area contributed by atoms with E-state index in [0.29, 0.717) is 51.3 Å². The minimum atomic E-state index is -0.592. The number of fused-ring (bicyclic) bond motifs is 1. The lowest BCUT2D eigenvalue weighted by molar-refractivity contribution is -0.136. The predicted molar refractivity (Wildman–Crippen MR) is 140 cm³/mol. The molecule has 7 heteroatoms. The van der Waals surface area contributed by atoms with Crippen molar-refractivity contribution in [1.29, 1.82) is 0 Å². The first kappa shape index (κ1) is 26.1. The summed E-state index contributed by atoms with van der Waals surface area (Å²) in [6, 6.07) is 10.1. The number of hydrogen-bond acceptors (Lipinski definition) is 6. The highest BCUT2D eigenvalue weighted by Crippen LogP contribution is 2.34. The zero-order valence-corrected chi connectivity index (χ0v) is 22.1. The van der Waals surface area contributed by atoms with Crippen LogP contribution in [-0.4, -0.2) is 72.9 Å². The van der Waals surface area contributed by atoms with Crippen LogP contribution in [0.15, 0.2) is 35.7 Å². The highest BCUT2D eigenvalue weighted by atomic mass is 32.1. The Labute approximate surface area is 213 Å². The molecule has 1 amide bonds. The molecule has 0 radical (unpaired) electrons. The fourth-order valence-corrected chi connectivity index (χ4v) is 5.62. The molecule has 2 heterocycles. The van der Waals surface area contributed by atoms with Crippen LogP contribution in [0.5, 0.6) is 5.75 Å². The second-order valence-corrected chi connectivity index (χ2v) is 11.5. The maximum Gasteiger partial charge on any atom is 0.237 e. The van der Waals surface area contributed by atoms with Crippen molar-refractivity contribution in [2.24, 2.45) is 11.8 Å². The minimum absolute atomic E-state index is 0.0971. The van der Waals surface area contributed by atoms with Gasteiger partial charge in [0.2, 0.25) is 5.91 Å². The van der Waals surface area contributed by atoms with Gasteiger partial charge in [0.1, 0.15) is 12.4 Å². The molecule has 1 aromatic heterocycles. The Morgan fingerprint density at radius 1 is 1.26 bits per heavy atom. The molecule has 2 aliphatic rings. The summed E-state index contributed by atoms with van der Waals surface area (Å²) in [6.45, 7) is 9.97. The largest absolute Gasteiger partial charge is 0.491 e. The summed E-state index contributed by atoms with van der Waals surface area (Å²) in [6.07, 6.45) is 2.71. The maximum absolute atomic E-state index is 13.6. The van der Waals surface area contributed by atoms with Crippen molar-refractivity contribution in [2.75, 3.05) is 46.0 Å². The van der Waals surface area contributed by atoms with E-state index in [1.54, 1.807) is 11.3 Å². The number of ether oxygens (including phenoxy) is 2.